The van der Waals surface area contributed by atoms with E-state index in [0.717, 1.165) is 12.8 Å². The van der Waals surface area contributed by atoms with E-state index in [1.54, 1.807) is 0 Å². The molecule has 0 radical (unpaired) electrons. The van der Waals surface area contributed by atoms with E-state index in [0.29, 0.717) is 18.9 Å². The van der Waals surface area contributed by atoms with Gasteiger partial charge in [-0.2, -0.15) is 0 Å². The van der Waals surface area contributed by atoms with E-state index in [4.69, 9.17) is 9.84 Å². The molecule has 0 bridgehead atoms. The monoisotopic (exact) mass is 297 g/mol. The maximum Gasteiger partial charge on any atom is 0.325 e. The first kappa shape index (κ1) is 15.2. The second-order valence-electron chi connectivity index (χ2n) is 5.28. The van der Waals surface area contributed by atoms with Crippen LogP contribution in [0.5, 0.6) is 0 Å². The summed E-state index contributed by atoms with van der Waals surface area (Å²) >= 11 is 0. The topological polar surface area (TPSA) is 118 Å². The summed E-state index contributed by atoms with van der Waals surface area (Å²) in [6.07, 6.45) is 3.04. The van der Waals surface area contributed by atoms with Crippen LogP contribution in [0, 0.1) is 0 Å². The van der Waals surface area contributed by atoms with Crippen LogP contribution in [0.1, 0.15) is 25.5 Å². The number of nitrogens with one attached hydrogen (secondary N) is 2. The van der Waals surface area contributed by atoms with Crippen LogP contribution in [0.15, 0.2) is 6.20 Å². The number of nitrogens with zero attached hydrogens (tertiary/aromatic N) is 3. The summed E-state index contributed by atoms with van der Waals surface area (Å²) in [5, 5.41) is 21.7. The maximum atomic E-state index is 11.9. The molecule has 9 nitrogen and oxygen atoms in total. The fraction of sp³-hybridized carbons (Fsp3) is 0.667. The Bertz CT molecular complexity index is 510. The lowest BCUT2D eigenvalue weighted by molar-refractivity contribution is -0.137. The Labute approximate surface area is 121 Å². The lowest BCUT2D eigenvalue weighted by Gasteiger charge is -2.34. The molecule has 0 aromatic carbocycles. The molecule has 3 N–H and O–H groups in total. The molecule has 2 rings (SSSR count). The first-order valence-electron chi connectivity index (χ1n) is 6.71. The average Bonchev–Trinajstić information content (AvgIpc) is 2.83. The lowest BCUT2D eigenvalue weighted by Crippen LogP contribution is -2.52. The first-order chi connectivity index (χ1) is 9.97. The molecule has 0 saturated carbocycles. The Morgan fingerprint density at radius 2 is 2.19 bits per heavy atom. The number of carbonyl (C=O) groups is 2. The summed E-state index contributed by atoms with van der Waals surface area (Å²) in [6, 6.07) is -0.285. The van der Waals surface area contributed by atoms with Gasteiger partial charge in [0.15, 0.2) is 0 Å². The number of rotatable bonds is 5. The SMILES string of the molecule is CC1(NC(=O)NCc2cn(CC(=O)O)nn2)CCOCC1. The number of aliphatic carboxylic acids is 1. The lowest BCUT2D eigenvalue weighted by atomic mass is 9.93. The van der Waals surface area contributed by atoms with Gasteiger partial charge in [-0.1, -0.05) is 5.21 Å². The van der Waals surface area contributed by atoms with Gasteiger partial charge in [-0.15, -0.1) is 5.10 Å². The van der Waals surface area contributed by atoms with Crippen LogP contribution < -0.4 is 10.6 Å². The molecule has 1 aromatic heterocycles. The second-order valence-corrected chi connectivity index (χ2v) is 5.28. The molecule has 116 valence electrons. The molecule has 1 fully saturated rings. The van der Waals surface area contributed by atoms with E-state index < -0.39 is 5.97 Å². The van der Waals surface area contributed by atoms with Gasteiger partial charge >= 0.3 is 12.0 Å². The summed E-state index contributed by atoms with van der Waals surface area (Å²) in [7, 11) is 0. The number of aromatic nitrogens is 3. The quantitative estimate of drug-likeness (QED) is 0.688. The third-order valence-electron chi connectivity index (χ3n) is 3.33. The molecule has 0 aliphatic carbocycles. The third kappa shape index (κ3) is 4.71. The highest BCUT2D eigenvalue weighted by Gasteiger charge is 2.28. The standard InChI is InChI=1S/C12H19N5O4/c1-12(2-4-21-5-3-12)14-11(20)13-6-9-7-17(16-15-9)8-10(18)19/h7H,2-6,8H2,1H3,(H,18,19)(H2,13,14,20). The number of amides is 2. The van der Waals surface area contributed by atoms with Crippen LogP contribution in [-0.4, -0.2) is 50.9 Å². The zero-order valence-corrected chi connectivity index (χ0v) is 11.8. The van der Waals surface area contributed by atoms with E-state index >= 15 is 0 Å². The van der Waals surface area contributed by atoms with Crippen molar-refractivity contribution in [3.63, 3.8) is 0 Å². The van der Waals surface area contributed by atoms with Crippen molar-refractivity contribution >= 4 is 12.0 Å². The summed E-state index contributed by atoms with van der Waals surface area (Å²) < 4.78 is 6.47. The maximum absolute atomic E-state index is 11.9. The van der Waals surface area contributed by atoms with Gasteiger partial charge in [0.2, 0.25) is 0 Å². The van der Waals surface area contributed by atoms with Crippen molar-refractivity contribution in [1.82, 2.24) is 25.6 Å². The molecule has 1 saturated heterocycles. The summed E-state index contributed by atoms with van der Waals surface area (Å²) in [5.41, 5.74) is 0.243. The van der Waals surface area contributed by atoms with Gasteiger partial charge < -0.3 is 20.5 Å². The van der Waals surface area contributed by atoms with Crippen LogP contribution in [0.2, 0.25) is 0 Å². The summed E-state index contributed by atoms with van der Waals surface area (Å²) in [4.78, 5) is 22.4. The van der Waals surface area contributed by atoms with Crippen molar-refractivity contribution in [1.29, 1.82) is 0 Å². The van der Waals surface area contributed by atoms with Gasteiger partial charge in [0.25, 0.3) is 0 Å². The zero-order valence-electron chi connectivity index (χ0n) is 11.8. The molecular formula is C12H19N5O4. The normalized spacial score (nSPS) is 17.2. The molecule has 1 aromatic rings. The number of hydrogen-bond donors (Lipinski definition) is 3. The summed E-state index contributed by atoms with van der Waals surface area (Å²) in [5.74, 6) is -0.996. The van der Waals surface area contributed by atoms with E-state index in [9.17, 15) is 9.59 Å². The first-order valence-corrected chi connectivity index (χ1v) is 6.71. The number of urea groups is 1. The van der Waals surface area contributed by atoms with Crippen molar-refractivity contribution in [2.45, 2.75) is 38.4 Å². The Morgan fingerprint density at radius 1 is 1.48 bits per heavy atom. The molecule has 9 heteroatoms. The van der Waals surface area contributed by atoms with Crippen LogP contribution in [0.3, 0.4) is 0 Å². The summed E-state index contributed by atoms with van der Waals surface area (Å²) in [6.45, 7) is 3.20. The van der Waals surface area contributed by atoms with E-state index in [1.165, 1.54) is 10.9 Å². The van der Waals surface area contributed by atoms with Gasteiger partial charge in [-0.05, 0) is 19.8 Å². The largest absolute Gasteiger partial charge is 0.480 e. The Balaban J connectivity index is 1.78. The van der Waals surface area contributed by atoms with Crippen molar-refractivity contribution in [2.75, 3.05) is 13.2 Å². The molecule has 2 amide bonds. The average molecular weight is 297 g/mol. The van der Waals surface area contributed by atoms with Gasteiger partial charge in [-0.3, -0.25) is 4.79 Å². The molecule has 1 aliphatic heterocycles. The predicted octanol–water partition coefficient (Wildman–Crippen LogP) is -0.269. The number of hydrogen-bond acceptors (Lipinski definition) is 5. The molecular weight excluding hydrogens is 278 g/mol. The number of carboxylic acid groups (broad SMARTS) is 1. The van der Waals surface area contributed by atoms with Gasteiger partial charge in [0, 0.05) is 18.8 Å². The highest BCUT2D eigenvalue weighted by Crippen LogP contribution is 2.19. The number of ether oxygens (including phenoxy) is 1. The highest BCUT2D eigenvalue weighted by molar-refractivity contribution is 5.74. The van der Waals surface area contributed by atoms with Gasteiger partial charge in [0.05, 0.1) is 12.7 Å². The van der Waals surface area contributed by atoms with Crippen molar-refractivity contribution in [3.8, 4) is 0 Å². The zero-order chi connectivity index (χ0) is 15.3. The van der Waals surface area contributed by atoms with Gasteiger partial charge in [0.1, 0.15) is 12.2 Å². The van der Waals surface area contributed by atoms with E-state index in [2.05, 4.69) is 20.9 Å². The minimum Gasteiger partial charge on any atom is -0.480 e. The van der Waals surface area contributed by atoms with E-state index in [-0.39, 0.29) is 24.7 Å². The molecule has 0 atom stereocenters. The van der Waals surface area contributed by atoms with Gasteiger partial charge in [-0.25, -0.2) is 9.48 Å². The Hall–Kier alpha value is -2.16. The van der Waals surface area contributed by atoms with Crippen LogP contribution in [0.4, 0.5) is 4.79 Å². The Kier molecular flexibility index (Phi) is 4.73. The van der Waals surface area contributed by atoms with Crippen LogP contribution in [0.25, 0.3) is 0 Å². The third-order valence-corrected chi connectivity index (χ3v) is 3.33. The van der Waals surface area contributed by atoms with Crippen molar-refractivity contribution in [3.05, 3.63) is 11.9 Å². The minimum atomic E-state index is -0.996. The molecule has 2 heterocycles. The van der Waals surface area contributed by atoms with Crippen molar-refractivity contribution in [2.24, 2.45) is 0 Å². The van der Waals surface area contributed by atoms with Crippen LogP contribution >= 0.6 is 0 Å². The van der Waals surface area contributed by atoms with Crippen molar-refractivity contribution < 1.29 is 19.4 Å². The fourth-order valence-electron chi connectivity index (χ4n) is 2.07. The highest BCUT2D eigenvalue weighted by atomic mass is 16.5. The predicted molar refractivity (Wildman–Crippen MR) is 71.5 cm³/mol. The molecule has 0 unspecified atom stereocenters. The fourth-order valence-corrected chi connectivity index (χ4v) is 2.07. The van der Waals surface area contributed by atoms with E-state index in [1.807, 2.05) is 6.92 Å². The smallest absolute Gasteiger partial charge is 0.325 e. The second kappa shape index (κ2) is 6.53. The molecule has 0 spiro atoms. The van der Waals surface area contributed by atoms with Crippen LogP contribution in [-0.2, 0) is 22.6 Å². The molecule has 21 heavy (non-hydrogen) atoms. The minimum absolute atomic E-state index is 0.192. The number of carboxylic acids is 1. The molecule has 1 aliphatic rings. The Morgan fingerprint density at radius 3 is 2.86 bits per heavy atom. The number of carbonyl (C=O) groups excluding carboxylic acids is 1.